The zero-order valence-electron chi connectivity index (χ0n) is 12.7. The first-order valence-corrected chi connectivity index (χ1v) is 7.76. The van der Waals surface area contributed by atoms with Crippen molar-refractivity contribution < 1.29 is 19.1 Å². The van der Waals surface area contributed by atoms with Crippen molar-refractivity contribution in [3.63, 3.8) is 0 Å². The Hall–Kier alpha value is -2.62. The van der Waals surface area contributed by atoms with Crippen molar-refractivity contribution in [2.24, 2.45) is 0 Å². The van der Waals surface area contributed by atoms with E-state index in [9.17, 15) is 9.59 Å². The molecule has 1 aliphatic carbocycles. The molecule has 1 fully saturated rings. The summed E-state index contributed by atoms with van der Waals surface area (Å²) in [5.41, 5.74) is 1.01. The highest BCUT2D eigenvalue weighted by molar-refractivity contribution is 5.90. The van der Waals surface area contributed by atoms with Crippen LogP contribution in [0, 0.1) is 0 Å². The maximum Gasteiger partial charge on any atom is 0.338 e. The highest BCUT2D eigenvalue weighted by atomic mass is 16.6. The molecule has 0 aliphatic heterocycles. The minimum absolute atomic E-state index is 0.377. The highest BCUT2D eigenvalue weighted by Crippen LogP contribution is 2.26. The van der Waals surface area contributed by atoms with Crippen LogP contribution in [-0.2, 0) is 9.47 Å². The normalized spacial score (nSPS) is 20.0. The molecule has 0 radical (unpaired) electrons. The van der Waals surface area contributed by atoms with Gasteiger partial charge in [0.2, 0.25) is 0 Å². The molecule has 0 bridgehead atoms. The van der Waals surface area contributed by atoms with E-state index in [1.54, 1.807) is 48.5 Å². The molecule has 0 unspecified atom stereocenters. The van der Waals surface area contributed by atoms with Gasteiger partial charge in [0.25, 0.3) is 0 Å². The standard InChI is InChI=1S/C19H18O4/c20-18(14-8-3-1-4-9-14)22-16-12-7-13-17(16)23-19(21)15-10-5-2-6-11-15/h1-6,8-11,16-17H,7,12-13H2/t16-,17-/m1/s1. The van der Waals surface area contributed by atoms with E-state index in [-0.39, 0.29) is 24.1 Å². The lowest BCUT2D eigenvalue weighted by Gasteiger charge is -2.20. The van der Waals surface area contributed by atoms with Gasteiger partial charge in [0, 0.05) is 0 Å². The molecule has 0 spiro atoms. The number of ether oxygens (including phenoxy) is 2. The first-order valence-electron chi connectivity index (χ1n) is 7.76. The maximum atomic E-state index is 12.1. The van der Waals surface area contributed by atoms with Crippen molar-refractivity contribution in [2.45, 2.75) is 31.5 Å². The van der Waals surface area contributed by atoms with Crippen molar-refractivity contribution in [3.05, 3.63) is 71.8 Å². The van der Waals surface area contributed by atoms with Crippen LogP contribution in [0.3, 0.4) is 0 Å². The van der Waals surface area contributed by atoms with Crippen molar-refractivity contribution in [2.75, 3.05) is 0 Å². The number of hydrogen-bond acceptors (Lipinski definition) is 4. The number of hydrogen-bond donors (Lipinski definition) is 0. The number of esters is 2. The van der Waals surface area contributed by atoms with E-state index in [2.05, 4.69) is 0 Å². The summed E-state index contributed by atoms with van der Waals surface area (Å²) in [4.78, 5) is 24.3. The van der Waals surface area contributed by atoms with Crippen molar-refractivity contribution in [1.82, 2.24) is 0 Å². The lowest BCUT2D eigenvalue weighted by molar-refractivity contribution is -0.0239. The van der Waals surface area contributed by atoms with Gasteiger partial charge in [-0.15, -0.1) is 0 Å². The molecule has 0 N–H and O–H groups in total. The van der Waals surface area contributed by atoms with Crippen molar-refractivity contribution in [3.8, 4) is 0 Å². The summed E-state index contributed by atoms with van der Waals surface area (Å²) in [6, 6.07) is 17.7. The van der Waals surface area contributed by atoms with E-state index in [4.69, 9.17) is 9.47 Å². The van der Waals surface area contributed by atoms with Crippen LogP contribution in [-0.4, -0.2) is 24.1 Å². The Morgan fingerprint density at radius 3 is 1.48 bits per heavy atom. The fraction of sp³-hybridized carbons (Fsp3) is 0.263. The quantitative estimate of drug-likeness (QED) is 0.809. The summed E-state index contributed by atoms with van der Waals surface area (Å²) in [6.45, 7) is 0. The average molecular weight is 310 g/mol. The average Bonchev–Trinajstić information content (AvgIpc) is 3.03. The Bertz CT molecular complexity index is 607. The molecule has 4 heteroatoms. The zero-order valence-corrected chi connectivity index (χ0v) is 12.7. The molecule has 1 saturated carbocycles. The van der Waals surface area contributed by atoms with E-state index >= 15 is 0 Å². The van der Waals surface area contributed by atoms with Gasteiger partial charge in [-0.25, -0.2) is 9.59 Å². The number of benzene rings is 2. The summed E-state index contributed by atoms with van der Waals surface area (Å²) in [6.07, 6.45) is 1.54. The maximum absolute atomic E-state index is 12.1. The largest absolute Gasteiger partial charge is 0.455 e. The highest BCUT2D eigenvalue weighted by Gasteiger charge is 2.34. The summed E-state index contributed by atoms with van der Waals surface area (Å²) in [7, 11) is 0. The summed E-state index contributed by atoms with van der Waals surface area (Å²) >= 11 is 0. The molecule has 23 heavy (non-hydrogen) atoms. The van der Waals surface area contributed by atoms with Gasteiger partial charge in [-0.1, -0.05) is 36.4 Å². The molecule has 2 atom stereocenters. The minimum Gasteiger partial charge on any atom is -0.455 e. The van der Waals surface area contributed by atoms with Gasteiger partial charge in [-0.3, -0.25) is 0 Å². The number of carbonyl (C=O) groups is 2. The van der Waals surface area contributed by atoms with Crippen molar-refractivity contribution >= 4 is 11.9 Å². The fourth-order valence-electron chi connectivity index (χ4n) is 2.72. The molecule has 0 amide bonds. The van der Waals surface area contributed by atoms with E-state index in [1.165, 1.54) is 0 Å². The first kappa shape index (κ1) is 15.3. The lowest BCUT2D eigenvalue weighted by Crippen LogP contribution is -2.30. The van der Waals surface area contributed by atoms with Crippen LogP contribution in [0.15, 0.2) is 60.7 Å². The molecule has 0 aromatic heterocycles. The second kappa shape index (κ2) is 7.09. The molecular formula is C19H18O4. The Labute approximate surface area is 135 Å². The van der Waals surface area contributed by atoms with Gasteiger partial charge >= 0.3 is 11.9 Å². The molecule has 0 saturated heterocycles. The summed E-state index contributed by atoms with van der Waals surface area (Å²) in [5.74, 6) is -0.753. The molecule has 0 heterocycles. The van der Waals surface area contributed by atoms with E-state index in [0.29, 0.717) is 24.0 Å². The second-order valence-corrected chi connectivity index (χ2v) is 5.55. The first-order chi connectivity index (χ1) is 11.2. The predicted octanol–water partition coefficient (Wildman–Crippen LogP) is 3.62. The van der Waals surface area contributed by atoms with E-state index in [0.717, 1.165) is 6.42 Å². The van der Waals surface area contributed by atoms with Crippen LogP contribution in [0.5, 0.6) is 0 Å². The Morgan fingerprint density at radius 1 is 0.696 bits per heavy atom. The zero-order chi connectivity index (χ0) is 16.1. The van der Waals surface area contributed by atoms with Crippen LogP contribution >= 0.6 is 0 Å². The topological polar surface area (TPSA) is 52.6 Å². The van der Waals surface area contributed by atoms with Crippen LogP contribution in [0.2, 0.25) is 0 Å². The van der Waals surface area contributed by atoms with Gasteiger partial charge in [0.1, 0.15) is 12.2 Å². The lowest BCUT2D eigenvalue weighted by atomic mass is 10.2. The van der Waals surface area contributed by atoms with E-state index in [1.807, 2.05) is 12.1 Å². The summed E-state index contributed by atoms with van der Waals surface area (Å²) in [5, 5.41) is 0. The van der Waals surface area contributed by atoms with Gasteiger partial charge < -0.3 is 9.47 Å². The van der Waals surface area contributed by atoms with Gasteiger partial charge in [0.05, 0.1) is 11.1 Å². The molecule has 118 valence electrons. The third kappa shape index (κ3) is 3.77. The molecule has 2 aromatic carbocycles. The van der Waals surface area contributed by atoms with Gasteiger partial charge in [0.15, 0.2) is 0 Å². The molecular weight excluding hydrogens is 292 g/mol. The number of carbonyl (C=O) groups excluding carboxylic acids is 2. The second-order valence-electron chi connectivity index (χ2n) is 5.55. The SMILES string of the molecule is O=C(O[C@@H]1CCC[C@H]1OC(=O)c1ccccc1)c1ccccc1. The smallest absolute Gasteiger partial charge is 0.338 e. The predicted molar refractivity (Wildman–Crippen MR) is 85.1 cm³/mol. The van der Waals surface area contributed by atoms with Gasteiger partial charge in [-0.2, -0.15) is 0 Å². The third-order valence-corrected chi connectivity index (χ3v) is 3.93. The van der Waals surface area contributed by atoms with Crippen LogP contribution in [0.1, 0.15) is 40.0 Å². The molecule has 4 nitrogen and oxygen atoms in total. The minimum atomic E-state index is -0.379. The van der Waals surface area contributed by atoms with E-state index < -0.39 is 0 Å². The molecule has 2 aromatic rings. The molecule has 1 aliphatic rings. The summed E-state index contributed by atoms with van der Waals surface area (Å²) < 4.78 is 11.1. The number of rotatable bonds is 4. The Kier molecular flexibility index (Phi) is 4.71. The molecule has 3 rings (SSSR count). The Balaban J connectivity index is 1.62. The van der Waals surface area contributed by atoms with Crippen LogP contribution in [0.4, 0.5) is 0 Å². The van der Waals surface area contributed by atoms with Crippen LogP contribution in [0.25, 0.3) is 0 Å². The van der Waals surface area contributed by atoms with Crippen LogP contribution < -0.4 is 0 Å². The van der Waals surface area contributed by atoms with Gasteiger partial charge in [-0.05, 0) is 43.5 Å². The monoisotopic (exact) mass is 310 g/mol. The Morgan fingerprint density at radius 2 is 1.09 bits per heavy atom. The third-order valence-electron chi connectivity index (χ3n) is 3.93. The van der Waals surface area contributed by atoms with Crippen molar-refractivity contribution in [1.29, 1.82) is 0 Å². The fourth-order valence-corrected chi connectivity index (χ4v) is 2.72.